The maximum absolute atomic E-state index is 15.0. The quantitative estimate of drug-likeness (QED) is 0.422. The molecule has 0 N–H and O–H groups in total. The van der Waals surface area contributed by atoms with Gasteiger partial charge in [-0.25, -0.2) is 14.4 Å². The number of benzene rings is 2. The third kappa shape index (κ3) is 3.68. The molecule has 1 aliphatic heterocycles. The van der Waals surface area contributed by atoms with Gasteiger partial charge in [0, 0.05) is 42.3 Å². The number of nitrogens with zero attached hydrogens (tertiary/aromatic N) is 6. The number of halogens is 1. The van der Waals surface area contributed by atoms with Crippen LogP contribution in [-0.4, -0.2) is 50.9 Å². The number of morpholine rings is 1. The molecule has 3 aromatic heterocycles. The Labute approximate surface area is 189 Å². The first-order chi connectivity index (χ1) is 16.3. The molecule has 0 bridgehead atoms. The summed E-state index contributed by atoms with van der Waals surface area (Å²) in [5.74, 6) is 0.480. The maximum atomic E-state index is 15.0. The molecular weight excluding hydrogens is 419 g/mol. The first kappa shape index (κ1) is 19.8. The molecule has 5 aromatic rings. The molecule has 2 aromatic carbocycles. The maximum Gasteiger partial charge on any atom is 0.160 e. The molecule has 0 spiro atoms. The van der Waals surface area contributed by atoms with Crippen LogP contribution in [0, 0.1) is 5.82 Å². The zero-order valence-corrected chi connectivity index (χ0v) is 17.9. The van der Waals surface area contributed by atoms with Crippen LogP contribution in [0.2, 0.25) is 0 Å². The molecule has 7 nitrogen and oxygen atoms in total. The van der Waals surface area contributed by atoms with Crippen molar-refractivity contribution in [3.63, 3.8) is 0 Å². The lowest BCUT2D eigenvalue weighted by Gasteiger charge is -2.29. The minimum atomic E-state index is -0.317. The molecule has 0 atom stereocenters. The summed E-state index contributed by atoms with van der Waals surface area (Å²) in [6, 6.07) is 16.9. The highest BCUT2D eigenvalue weighted by molar-refractivity contribution is 5.94. The fourth-order valence-corrected chi connectivity index (χ4v) is 4.34. The number of hydrogen-bond acceptors (Lipinski definition) is 6. The van der Waals surface area contributed by atoms with Crippen LogP contribution in [0.15, 0.2) is 67.1 Å². The van der Waals surface area contributed by atoms with Crippen molar-refractivity contribution in [3.8, 4) is 11.3 Å². The highest BCUT2D eigenvalue weighted by Gasteiger charge is 2.16. The SMILES string of the molecule is Fc1ccc(Cc2nnc3ccccn23)cc1-c1ncnc2cc(N3CCOCC3)ccc12. The van der Waals surface area contributed by atoms with Gasteiger partial charge in [0.05, 0.1) is 24.4 Å². The zero-order valence-electron chi connectivity index (χ0n) is 17.9. The molecule has 6 rings (SSSR count). The van der Waals surface area contributed by atoms with E-state index >= 15 is 0 Å². The zero-order chi connectivity index (χ0) is 22.2. The van der Waals surface area contributed by atoms with Gasteiger partial charge in [-0.1, -0.05) is 12.1 Å². The van der Waals surface area contributed by atoms with Gasteiger partial charge in [-0.05, 0) is 48.0 Å². The van der Waals surface area contributed by atoms with Gasteiger partial charge in [0.15, 0.2) is 5.65 Å². The fourth-order valence-electron chi connectivity index (χ4n) is 4.34. The third-order valence-electron chi connectivity index (χ3n) is 6.03. The van der Waals surface area contributed by atoms with E-state index in [1.165, 1.54) is 12.4 Å². The molecule has 0 amide bonds. The normalized spacial score (nSPS) is 14.3. The smallest absolute Gasteiger partial charge is 0.160 e. The van der Waals surface area contributed by atoms with Gasteiger partial charge >= 0.3 is 0 Å². The Morgan fingerprint density at radius 1 is 0.939 bits per heavy atom. The van der Waals surface area contributed by atoms with Gasteiger partial charge in [-0.2, -0.15) is 0 Å². The summed E-state index contributed by atoms with van der Waals surface area (Å²) in [7, 11) is 0. The van der Waals surface area contributed by atoms with Gasteiger partial charge in [0.1, 0.15) is 18.0 Å². The van der Waals surface area contributed by atoms with Crippen molar-refractivity contribution >= 4 is 22.2 Å². The number of aromatic nitrogens is 5. The lowest BCUT2D eigenvalue weighted by molar-refractivity contribution is 0.122. The van der Waals surface area contributed by atoms with E-state index in [0.717, 1.165) is 46.7 Å². The van der Waals surface area contributed by atoms with E-state index < -0.39 is 0 Å². The second kappa shape index (κ2) is 8.22. The lowest BCUT2D eigenvalue weighted by atomic mass is 10.0. The molecule has 0 unspecified atom stereocenters. The Bertz CT molecular complexity index is 1460. The summed E-state index contributed by atoms with van der Waals surface area (Å²) in [5, 5.41) is 9.32. The summed E-state index contributed by atoms with van der Waals surface area (Å²) >= 11 is 0. The average Bonchev–Trinajstić information content (AvgIpc) is 3.28. The molecule has 1 aliphatic rings. The topological polar surface area (TPSA) is 68.4 Å². The monoisotopic (exact) mass is 440 g/mol. The Morgan fingerprint density at radius 2 is 1.85 bits per heavy atom. The largest absolute Gasteiger partial charge is 0.378 e. The number of pyridine rings is 1. The van der Waals surface area contributed by atoms with E-state index in [0.29, 0.717) is 30.9 Å². The van der Waals surface area contributed by atoms with Crippen molar-refractivity contribution in [2.75, 3.05) is 31.2 Å². The van der Waals surface area contributed by atoms with Gasteiger partial charge in [-0.15, -0.1) is 10.2 Å². The van der Waals surface area contributed by atoms with Crippen molar-refractivity contribution in [2.24, 2.45) is 0 Å². The predicted molar refractivity (Wildman–Crippen MR) is 124 cm³/mol. The van der Waals surface area contributed by atoms with Crippen LogP contribution in [-0.2, 0) is 11.2 Å². The molecule has 33 heavy (non-hydrogen) atoms. The van der Waals surface area contributed by atoms with E-state index in [4.69, 9.17) is 4.74 Å². The predicted octanol–water partition coefficient (Wildman–Crippen LogP) is 3.91. The number of ether oxygens (including phenoxy) is 1. The second-order valence-electron chi connectivity index (χ2n) is 8.06. The summed E-state index contributed by atoms with van der Waals surface area (Å²) in [6.45, 7) is 3.12. The molecule has 0 aliphatic carbocycles. The minimum Gasteiger partial charge on any atom is -0.378 e. The molecule has 8 heteroatoms. The summed E-state index contributed by atoms with van der Waals surface area (Å²) in [4.78, 5) is 11.2. The van der Waals surface area contributed by atoms with Crippen molar-refractivity contribution in [1.82, 2.24) is 24.6 Å². The van der Waals surface area contributed by atoms with E-state index in [-0.39, 0.29) is 5.82 Å². The Balaban J connectivity index is 1.38. The molecule has 0 radical (unpaired) electrons. The van der Waals surface area contributed by atoms with Crippen LogP contribution in [0.1, 0.15) is 11.4 Å². The molecule has 1 saturated heterocycles. The van der Waals surface area contributed by atoms with Crippen LogP contribution in [0.25, 0.3) is 27.8 Å². The molecule has 1 fully saturated rings. The van der Waals surface area contributed by atoms with E-state index in [1.807, 2.05) is 53.1 Å². The van der Waals surface area contributed by atoms with Crippen molar-refractivity contribution in [1.29, 1.82) is 0 Å². The van der Waals surface area contributed by atoms with E-state index in [1.54, 1.807) is 6.07 Å². The van der Waals surface area contributed by atoms with Gasteiger partial charge in [0.25, 0.3) is 0 Å². The number of fused-ring (bicyclic) bond motifs is 2. The summed E-state index contributed by atoms with van der Waals surface area (Å²) in [6.07, 6.45) is 3.96. The number of hydrogen-bond donors (Lipinski definition) is 0. The van der Waals surface area contributed by atoms with E-state index in [2.05, 4.69) is 25.1 Å². The van der Waals surface area contributed by atoms with Crippen LogP contribution >= 0.6 is 0 Å². The number of rotatable bonds is 4. The molecule has 0 saturated carbocycles. The molecular formula is C25H21FN6O. The standard InChI is InChI=1S/C25H21FN6O/c26-21-7-4-17(14-24-30-29-23-3-1-2-8-32(23)24)13-20(21)25-19-6-5-18(15-22(19)27-16-28-25)31-9-11-33-12-10-31/h1-8,13,15-16H,9-12,14H2. The first-order valence-corrected chi connectivity index (χ1v) is 10.9. The average molecular weight is 440 g/mol. The Morgan fingerprint density at radius 3 is 2.76 bits per heavy atom. The first-order valence-electron chi connectivity index (χ1n) is 10.9. The Kier molecular flexibility index (Phi) is 4.92. The van der Waals surface area contributed by atoms with E-state index in [9.17, 15) is 4.39 Å². The third-order valence-corrected chi connectivity index (χ3v) is 6.03. The lowest BCUT2D eigenvalue weighted by Crippen LogP contribution is -2.36. The van der Waals surface area contributed by atoms with Gasteiger partial charge in [-0.3, -0.25) is 4.40 Å². The highest BCUT2D eigenvalue weighted by Crippen LogP contribution is 2.31. The van der Waals surface area contributed by atoms with Crippen molar-refractivity contribution < 1.29 is 9.13 Å². The second-order valence-corrected chi connectivity index (χ2v) is 8.06. The molecule has 4 heterocycles. The number of anilines is 1. The highest BCUT2D eigenvalue weighted by atomic mass is 19.1. The summed E-state index contributed by atoms with van der Waals surface area (Å²) in [5.41, 5.74) is 4.63. The fraction of sp³-hybridized carbons (Fsp3) is 0.200. The molecule has 164 valence electrons. The van der Waals surface area contributed by atoms with Crippen molar-refractivity contribution in [2.45, 2.75) is 6.42 Å². The van der Waals surface area contributed by atoms with Crippen LogP contribution in [0.5, 0.6) is 0 Å². The minimum absolute atomic E-state index is 0.317. The van der Waals surface area contributed by atoms with Crippen molar-refractivity contribution in [3.05, 3.63) is 84.3 Å². The van der Waals surface area contributed by atoms with Crippen LogP contribution < -0.4 is 4.90 Å². The van der Waals surface area contributed by atoms with Crippen LogP contribution in [0.3, 0.4) is 0 Å². The Hall–Kier alpha value is -3.91. The summed E-state index contributed by atoms with van der Waals surface area (Å²) < 4.78 is 22.4. The van der Waals surface area contributed by atoms with Gasteiger partial charge < -0.3 is 9.64 Å². The van der Waals surface area contributed by atoms with Gasteiger partial charge in [0.2, 0.25) is 0 Å². The van der Waals surface area contributed by atoms with Crippen LogP contribution in [0.4, 0.5) is 10.1 Å².